The lowest BCUT2D eigenvalue weighted by Crippen LogP contribution is -1.93. The van der Waals surface area contributed by atoms with Crippen molar-refractivity contribution in [3.8, 4) is 11.3 Å². The molecule has 2 aromatic heterocycles. The molecular weight excluding hydrogens is 283 g/mol. The number of halogens is 2. The Morgan fingerprint density at radius 2 is 1.89 bits per heavy atom. The van der Waals surface area contributed by atoms with E-state index in [4.69, 9.17) is 28.9 Å². The highest BCUT2D eigenvalue weighted by molar-refractivity contribution is 6.36. The first kappa shape index (κ1) is 12.1. The first-order chi connectivity index (χ1) is 9.15. The van der Waals surface area contributed by atoms with Crippen LogP contribution in [0.5, 0.6) is 0 Å². The third kappa shape index (κ3) is 2.20. The van der Waals surface area contributed by atoms with Crippen molar-refractivity contribution in [3.05, 3.63) is 47.0 Å². The van der Waals surface area contributed by atoms with Crippen molar-refractivity contribution >= 4 is 39.8 Å². The molecule has 0 unspecified atom stereocenters. The monoisotopic (exact) mass is 290 g/mol. The highest BCUT2D eigenvalue weighted by Crippen LogP contribution is 2.29. The molecule has 4 nitrogen and oxygen atoms in total. The molecule has 0 atom stereocenters. The van der Waals surface area contributed by atoms with Gasteiger partial charge in [0.05, 0.1) is 5.69 Å². The Morgan fingerprint density at radius 3 is 2.68 bits per heavy atom. The first-order valence-corrected chi connectivity index (χ1v) is 6.24. The van der Waals surface area contributed by atoms with E-state index in [0.717, 1.165) is 5.56 Å². The Kier molecular flexibility index (Phi) is 2.97. The number of fused-ring (bicyclic) bond motifs is 1. The second-order valence-corrected chi connectivity index (χ2v) is 4.66. The van der Waals surface area contributed by atoms with Gasteiger partial charge in [-0.15, -0.1) is 0 Å². The zero-order valence-corrected chi connectivity index (χ0v) is 11.2. The molecule has 0 saturated carbocycles. The summed E-state index contributed by atoms with van der Waals surface area (Å²) in [6.45, 7) is 0. The third-order valence-electron chi connectivity index (χ3n) is 2.70. The van der Waals surface area contributed by atoms with Crippen molar-refractivity contribution in [1.82, 2.24) is 15.0 Å². The topological polar surface area (TPSA) is 64.7 Å². The van der Waals surface area contributed by atoms with Gasteiger partial charge in [-0.2, -0.15) is 0 Å². The van der Waals surface area contributed by atoms with Gasteiger partial charge >= 0.3 is 0 Å². The Morgan fingerprint density at radius 1 is 1.05 bits per heavy atom. The number of anilines is 1. The number of pyridine rings is 1. The predicted octanol–water partition coefficient (Wildman–Crippen LogP) is 3.58. The van der Waals surface area contributed by atoms with Crippen LogP contribution in [0.15, 0.2) is 36.5 Å². The van der Waals surface area contributed by atoms with Crippen molar-refractivity contribution in [2.75, 3.05) is 5.73 Å². The molecule has 3 rings (SSSR count). The van der Waals surface area contributed by atoms with Gasteiger partial charge < -0.3 is 5.73 Å². The number of aromatic nitrogens is 3. The molecule has 0 spiro atoms. The number of rotatable bonds is 1. The number of nitrogens with two attached hydrogens (primary N) is 1. The molecule has 1 aromatic carbocycles. The number of hydrogen-bond donors (Lipinski definition) is 1. The van der Waals surface area contributed by atoms with Crippen LogP contribution in [0.25, 0.3) is 22.2 Å². The molecule has 0 saturated heterocycles. The van der Waals surface area contributed by atoms with Crippen LogP contribution in [0, 0.1) is 0 Å². The number of hydrogen-bond acceptors (Lipinski definition) is 4. The van der Waals surface area contributed by atoms with Crippen molar-refractivity contribution in [2.45, 2.75) is 0 Å². The molecule has 0 amide bonds. The van der Waals surface area contributed by atoms with Gasteiger partial charge in [-0.3, -0.25) is 4.98 Å². The molecule has 0 aliphatic carbocycles. The second-order valence-electron chi connectivity index (χ2n) is 3.96. The summed E-state index contributed by atoms with van der Waals surface area (Å²) in [4.78, 5) is 12.5. The van der Waals surface area contributed by atoms with Crippen LogP contribution in [-0.4, -0.2) is 15.0 Å². The molecule has 0 aliphatic heterocycles. The summed E-state index contributed by atoms with van der Waals surface area (Å²) in [5.41, 5.74) is 8.59. The van der Waals surface area contributed by atoms with Crippen LogP contribution >= 0.6 is 23.2 Å². The molecule has 6 heteroatoms. The molecule has 0 bridgehead atoms. The maximum absolute atomic E-state index is 6.06. The van der Waals surface area contributed by atoms with Crippen LogP contribution in [0.3, 0.4) is 0 Å². The molecule has 3 aromatic rings. The van der Waals surface area contributed by atoms with Gasteiger partial charge in [-0.25, -0.2) is 9.97 Å². The molecule has 19 heavy (non-hydrogen) atoms. The van der Waals surface area contributed by atoms with Crippen molar-refractivity contribution in [2.24, 2.45) is 0 Å². The standard InChI is InChI=1S/C13H8Cl2N4/c14-12-9-4-5-17-10(11(9)18-13(15)19-12)7-2-1-3-8(16)6-7/h1-6H,16H2. The fourth-order valence-electron chi connectivity index (χ4n) is 1.89. The largest absolute Gasteiger partial charge is 0.399 e. The zero-order valence-electron chi connectivity index (χ0n) is 9.64. The Bertz CT molecular complexity index is 774. The SMILES string of the molecule is Nc1cccc(-c2nccc3c(Cl)nc(Cl)nc23)c1. The van der Waals surface area contributed by atoms with E-state index in [2.05, 4.69) is 15.0 Å². The molecule has 94 valence electrons. The summed E-state index contributed by atoms with van der Waals surface area (Å²) in [6.07, 6.45) is 1.66. The normalized spacial score (nSPS) is 10.8. The van der Waals surface area contributed by atoms with Crippen LogP contribution in [0.4, 0.5) is 5.69 Å². The van der Waals surface area contributed by atoms with Crippen LogP contribution in [0.1, 0.15) is 0 Å². The third-order valence-corrected chi connectivity index (χ3v) is 3.16. The van der Waals surface area contributed by atoms with E-state index in [-0.39, 0.29) is 5.28 Å². The van der Waals surface area contributed by atoms with E-state index in [0.29, 0.717) is 27.4 Å². The fraction of sp³-hybridized carbons (Fsp3) is 0. The van der Waals surface area contributed by atoms with Gasteiger partial charge in [0, 0.05) is 22.8 Å². The van der Waals surface area contributed by atoms with Crippen molar-refractivity contribution in [3.63, 3.8) is 0 Å². The molecule has 0 fully saturated rings. The Hall–Kier alpha value is -1.91. The highest BCUT2D eigenvalue weighted by Gasteiger charge is 2.11. The lowest BCUT2D eigenvalue weighted by Gasteiger charge is -2.06. The zero-order chi connectivity index (χ0) is 13.4. The molecule has 0 radical (unpaired) electrons. The Balaban J connectivity index is 2.36. The van der Waals surface area contributed by atoms with Gasteiger partial charge in [-0.05, 0) is 29.8 Å². The predicted molar refractivity (Wildman–Crippen MR) is 77.2 cm³/mol. The number of benzene rings is 1. The highest BCUT2D eigenvalue weighted by atomic mass is 35.5. The minimum Gasteiger partial charge on any atom is -0.399 e. The summed E-state index contributed by atoms with van der Waals surface area (Å²) in [5.74, 6) is 0. The summed E-state index contributed by atoms with van der Waals surface area (Å²) in [7, 11) is 0. The van der Waals surface area contributed by atoms with Crippen LogP contribution < -0.4 is 5.73 Å². The van der Waals surface area contributed by atoms with Crippen molar-refractivity contribution in [1.29, 1.82) is 0 Å². The Labute approximate surface area is 119 Å². The minimum absolute atomic E-state index is 0.0932. The molecule has 0 aliphatic rings. The van der Waals surface area contributed by atoms with E-state index in [1.807, 2.05) is 24.3 Å². The lowest BCUT2D eigenvalue weighted by molar-refractivity contribution is 1.20. The van der Waals surface area contributed by atoms with Gasteiger partial charge in [0.2, 0.25) is 5.28 Å². The summed E-state index contributed by atoms with van der Waals surface area (Å²) >= 11 is 11.9. The first-order valence-electron chi connectivity index (χ1n) is 5.49. The quantitative estimate of drug-likeness (QED) is 0.423. The fourth-order valence-corrected chi connectivity index (χ4v) is 2.33. The van der Waals surface area contributed by atoms with Gasteiger partial charge in [-0.1, -0.05) is 23.7 Å². The van der Waals surface area contributed by atoms with Gasteiger partial charge in [0.25, 0.3) is 0 Å². The van der Waals surface area contributed by atoms with E-state index in [1.54, 1.807) is 12.3 Å². The van der Waals surface area contributed by atoms with Crippen LogP contribution in [-0.2, 0) is 0 Å². The summed E-state index contributed by atoms with van der Waals surface area (Å²) in [5, 5.41) is 1.11. The van der Waals surface area contributed by atoms with Gasteiger partial charge in [0.1, 0.15) is 10.7 Å². The lowest BCUT2D eigenvalue weighted by atomic mass is 10.1. The average Bonchev–Trinajstić information content (AvgIpc) is 2.38. The smallest absolute Gasteiger partial charge is 0.224 e. The van der Waals surface area contributed by atoms with E-state index in [1.165, 1.54) is 0 Å². The van der Waals surface area contributed by atoms with E-state index in [9.17, 15) is 0 Å². The molecule has 2 heterocycles. The average molecular weight is 291 g/mol. The maximum atomic E-state index is 6.06. The summed E-state index contributed by atoms with van der Waals surface area (Å²) < 4.78 is 0. The van der Waals surface area contributed by atoms with Crippen molar-refractivity contribution < 1.29 is 0 Å². The van der Waals surface area contributed by atoms with Crippen LogP contribution in [0.2, 0.25) is 10.4 Å². The molecular formula is C13H8Cl2N4. The van der Waals surface area contributed by atoms with E-state index >= 15 is 0 Å². The maximum Gasteiger partial charge on any atom is 0.224 e. The number of nitrogens with zero attached hydrogens (tertiary/aromatic N) is 3. The van der Waals surface area contributed by atoms with Gasteiger partial charge in [0.15, 0.2) is 0 Å². The summed E-state index contributed by atoms with van der Waals surface area (Å²) in [6, 6.07) is 9.15. The molecule has 2 N–H and O–H groups in total. The second kappa shape index (κ2) is 4.64. The number of nitrogen functional groups attached to an aromatic ring is 1. The van der Waals surface area contributed by atoms with E-state index < -0.39 is 0 Å². The minimum atomic E-state index is 0.0932.